The fraction of sp³-hybridized carbons (Fsp3) is 0.615. The lowest BCUT2D eigenvalue weighted by Gasteiger charge is -2.00. The summed E-state index contributed by atoms with van der Waals surface area (Å²) in [6, 6.07) is 6.16. The van der Waals surface area contributed by atoms with Gasteiger partial charge in [-0.15, -0.1) is 0 Å². The van der Waals surface area contributed by atoms with Crippen LogP contribution in [0.1, 0.15) is 51.1 Å². The maximum absolute atomic E-state index is 4.31. The number of nitrogens with zero attached hydrogens (tertiary/aromatic N) is 1. The summed E-state index contributed by atoms with van der Waals surface area (Å²) in [6.07, 6.45) is 11.2. The molecule has 78 valence electrons. The average molecular weight is 191 g/mol. The molecule has 0 amide bonds. The van der Waals surface area contributed by atoms with Crippen LogP contribution in [0.3, 0.4) is 0 Å². The van der Waals surface area contributed by atoms with Gasteiger partial charge in [0.1, 0.15) is 0 Å². The normalized spacial score (nSPS) is 10.4. The molecule has 0 spiro atoms. The Hall–Kier alpha value is -0.850. The van der Waals surface area contributed by atoms with Crippen molar-refractivity contribution in [1.82, 2.24) is 4.98 Å². The van der Waals surface area contributed by atoms with E-state index >= 15 is 0 Å². The van der Waals surface area contributed by atoms with Crippen molar-refractivity contribution < 1.29 is 0 Å². The van der Waals surface area contributed by atoms with Crippen LogP contribution in [0, 0.1) is 0 Å². The van der Waals surface area contributed by atoms with Crippen molar-refractivity contribution in [3.63, 3.8) is 0 Å². The topological polar surface area (TPSA) is 12.9 Å². The molecule has 1 aromatic heterocycles. The van der Waals surface area contributed by atoms with Crippen LogP contribution in [0.5, 0.6) is 0 Å². The molecule has 1 heterocycles. The molecule has 0 atom stereocenters. The fourth-order valence-corrected chi connectivity index (χ4v) is 1.63. The summed E-state index contributed by atoms with van der Waals surface area (Å²) < 4.78 is 0. The number of hydrogen-bond acceptors (Lipinski definition) is 1. The zero-order chi connectivity index (χ0) is 10.1. The number of unbranched alkanes of at least 4 members (excludes halogenated alkanes) is 5. The number of aryl methyl sites for hydroxylation is 1. The first kappa shape index (κ1) is 11.2. The predicted octanol–water partition coefficient (Wildman–Crippen LogP) is 3.98. The predicted molar refractivity (Wildman–Crippen MR) is 61.3 cm³/mol. The van der Waals surface area contributed by atoms with Gasteiger partial charge in [-0.3, -0.25) is 4.98 Å². The number of pyridine rings is 1. The first-order valence-electron chi connectivity index (χ1n) is 5.83. The fourth-order valence-electron chi connectivity index (χ4n) is 1.63. The van der Waals surface area contributed by atoms with Gasteiger partial charge in [0.2, 0.25) is 0 Å². The standard InChI is InChI=1S/C13H21N/c1-2-3-4-5-6-7-10-13-11-8-9-12-14-13/h8-9,11-12H,2-7,10H2,1H3. The van der Waals surface area contributed by atoms with E-state index in [4.69, 9.17) is 0 Å². The smallest absolute Gasteiger partial charge is 0.0403 e. The Morgan fingerprint density at radius 1 is 1.00 bits per heavy atom. The highest BCUT2D eigenvalue weighted by atomic mass is 14.7. The van der Waals surface area contributed by atoms with Gasteiger partial charge in [0, 0.05) is 11.9 Å². The summed E-state index contributed by atoms with van der Waals surface area (Å²) in [7, 11) is 0. The van der Waals surface area contributed by atoms with Crippen molar-refractivity contribution in [2.24, 2.45) is 0 Å². The van der Waals surface area contributed by atoms with Crippen molar-refractivity contribution >= 4 is 0 Å². The molecule has 0 saturated heterocycles. The minimum atomic E-state index is 1.15. The van der Waals surface area contributed by atoms with E-state index in [1.807, 2.05) is 12.3 Å². The van der Waals surface area contributed by atoms with Crippen LogP contribution in [0.4, 0.5) is 0 Å². The third kappa shape index (κ3) is 5.00. The van der Waals surface area contributed by atoms with Crippen LogP contribution in [0.25, 0.3) is 0 Å². The number of hydrogen-bond donors (Lipinski definition) is 0. The van der Waals surface area contributed by atoms with Gasteiger partial charge in [0.25, 0.3) is 0 Å². The first-order chi connectivity index (χ1) is 6.93. The Labute approximate surface area is 87.6 Å². The lowest BCUT2D eigenvalue weighted by atomic mass is 10.1. The zero-order valence-electron chi connectivity index (χ0n) is 9.21. The molecule has 0 aliphatic carbocycles. The molecule has 0 bridgehead atoms. The minimum absolute atomic E-state index is 1.15. The molecule has 0 unspecified atom stereocenters. The van der Waals surface area contributed by atoms with E-state index in [0.717, 1.165) is 6.42 Å². The minimum Gasteiger partial charge on any atom is -0.261 e. The monoisotopic (exact) mass is 191 g/mol. The summed E-state index contributed by atoms with van der Waals surface area (Å²) in [6.45, 7) is 2.26. The van der Waals surface area contributed by atoms with Gasteiger partial charge < -0.3 is 0 Å². The molecular weight excluding hydrogens is 170 g/mol. The second-order valence-electron chi connectivity index (χ2n) is 3.84. The van der Waals surface area contributed by atoms with Gasteiger partial charge in [-0.25, -0.2) is 0 Å². The van der Waals surface area contributed by atoms with Gasteiger partial charge in [-0.1, -0.05) is 45.1 Å². The highest BCUT2D eigenvalue weighted by Gasteiger charge is 1.93. The molecule has 0 saturated carbocycles. The third-order valence-corrected chi connectivity index (χ3v) is 2.51. The quantitative estimate of drug-likeness (QED) is 0.594. The molecule has 0 N–H and O–H groups in total. The largest absolute Gasteiger partial charge is 0.261 e. The molecule has 14 heavy (non-hydrogen) atoms. The first-order valence-corrected chi connectivity index (χ1v) is 5.83. The summed E-state index contributed by atoms with van der Waals surface area (Å²) in [5.74, 6) is 0. The van der Waals surface area contributed by atoms with Crippen LogP contribution < -0.4 is 0 Å². The molecule has 0 aromatic carbocycles. The van der Waals surface area contributed by atoms with Gasteiger partial charge in [-0.2, -0.15) is 0 Å². The zero-order valence-corrected chi connectivity index (χ0v) is 9.21. The number of rotatable bonds is 7. The van der Waals surface area contributed by atoms with Crippen molar-refractivity contribution in [3.05, 3.63) is 30.1 Å². The van der Waals surface area contributed by atoms with E-state index in [1.165, 1.54) is 44.2 Å². The Bertz CT molecular complexity index is 218. The van der Waals surface area contributed by atoms with Crippen LogP contribution in [0.2, 0.25) is 0 Å². The highest BCUT2D eigenvalue weighted by molar-refractivity contribution is 5.03. The van der Waals surface area contributed by atoms with E-state index in [0.29, 0.717) is 0 Å². The van der Waals surface area contributed by atoms with E-state index in [-0.39, 0.29) is 0 Å². The Kier molecular flexibility index (Phi) is 6.05. The van der Waals surface area contributed by atoms with E-state index in [1.54, 1.807) is 0 Å². The summed E-state index contributed by atoms with van der Waals surface area (Å²) in [5.41, 5.74) is 1.24. The Morgan fingerprint density at radius 3 is 2.50 bits per heavy atom. The Morgan fingerprint density at radius 2 is 1.79 bits per heavy atom. The third-order valence-electron chi connectivity index (χ3n) is 2.51. The van der Waals surface area contributed by atoms with Crippen molar-refractivity contribution in [2.75, 3.05) is 0 Å². The highest BCUT2D eigenvalue weighted by Crippen LogP contribution is 2.07. The molecule has 0 radical (unpaired) electrons. The molecule has 0 aliphatic heterocycles. The van der Waals surface area contributed by atoms with Crippen molar-refractivity contribution in [1.29, 1.82) is 0 Å². The van der Waals surface area contributed by atoms with Crippen LogP contribution in [-0.4, -0.2) is 4.98 Å². The number of aromatic nitrogens is 1. The van der Waals surface area contributed by atoms with Crippen molar-refractivity contribution in [3.8, 4) is 0 Å². The summed E-state index contributed by atoms with van der Waals surface area (Å²) in [5, 5.41) is 0. The second-order valence-corrected chi connectivity index (χ2v) is 3.84. The summed E-state index contributed by atoms with van der Waals surface area (Å²) >= 11 is 0. The lowest BCUT2D eigenvalue weighted by Crippen LogP contribution is -1.88. The van der Waals surface area contributed by atoms with Gasteiger partial charge >= 0.3 is 0 Å². The average Bonchev–Trinajstić information content (AvgIpc) is 2.25. The molecule has 1 heteroatoms. The summed E-state index contributed by atoms with van der Waals surface area (Å²) in [4.78, 5) is 4.31. The molecule has 0 fully saturated rings. The van der Waals surface area contributed by atoms with Crippen LogP contribution in [0.15, 0.2) is 24.4 Å². The van der Waals surface area contributed by atoms with Gasteiger partial charge in [0.05, 0.1) is 0 Å². The van der Waals surface area contributed by atoms with Crippen LogP contribution >= 0.6 is 0 Å². The molecule has 1 aromatic rings. The van der Waals surface area contributed by atoms with E-state index < -0.39 is 0 Å². The molecule has 1 nitrogen and oxygen atoms in total. The maximum Gasteiger partial charge on any atom is 0.0403 e. The lowest BCUT2D eigenvalue weighted by molar-refractivity contribution is 0.604. The molecule has 1 rings (SSSR count). The van der Waals surface area contributed by atoms with Crippen molar-refractivity contribution in [2.45, 2.75) is 51.9 Å². The maximum atomic E-state index is 4.31. The van der Waals surface area contributed by atoms with Crippen LogP contribution in [-0.2, 0) is 6.42 Å². The SMILES string of the molecule is CCCCCCCCc1ccccn1. The molecule has 0 aliphatic rings. The van der Waals surface area contributed by atoms with E-state index in [9.17, 15) is 0 Å². The van der Waals surface area contributed by atoms with Gasteiger partial charge in [0.15, 0.2) is 0 Å². The second kappa shape index (κ2) is 7.54. The van der Waals surface area contributed by atoms with E-state index in [2.05, 4.69) is 24.0 Å². The Balaban J connectivity index is 1.99. The molecular formula is C13H21N. The van der Waals surface area contributed by atoms with Gasteiger partial charge in [-0.05, 0) is 25.0 Å².